The topological polar surface area (TPSA) is 53.8 Å². The molecule has 0 saturated heterocycles. The summed E-state index contributed by atoms with van der Waals surface area (Å²) in [7, 11) is 0. The standard InChI is InChI=1S/C23H14N2OS/c24-15-17-12-10-16(11-13-17)14-19(22(26)18-6-2-1-3-7-18)23-25-20-8-4-5-9-21(20)27-23/h1-14H. The second-order valence-electron chi connectivity index (χ2n) is 5.97. The molecule has 0 unspecified atom stereocenters. The predicted octanol–water partition coefficient (Wildman–Crippen LogP) is 5.59. The number of carbonyl (C=O) groups is 1. The van der Waals surface area contributed by atoms with Crippen LogP contribution in [0.5, 0.6) is 0 Å². The first-order valence-corrected chi connectivity index (χ1v) is 9.24. The van der Waals surface area contributed by atoms with Crippen LogP contribution in [-0.2, 0) is 0 Å². The van der Waals surface area contributed by atoms with Crippen molar-refractivity contribution in [3.05, 3.63) is 101 Å². The van der Waals surface area contributed by atoms with Crippen molar-refractivity contribution in [2.45, 2.75) is 0 Å². The Kier molecular flexibility index (Phi) is 4.61. The molecule has 0 bridgehead atoms. The lowest BCUT2D eigenvalue weighted by atomic mass is 10.0. The van der Waals surface area contributed by atoms with Crippen molar-refractivity contribution in [1.29, 1.82) is 5.26 Å². The zero-order valence-corrected chi connectivity index (χ0v) is 15.1. The van der Waals surface area contributed by atoms with Crippen LogP contribution in [0.2, 0.25) is 0 Å². The molecule has 128 valence electrons. The van der Waals surface area contributed by atoms with Gasteiger partial charge in [-0.15, -0.1) is 11.3 Å². The molecular formula is C23H14N2OS. The summed E-state index contributed by atoms with van der Waals surface area (Å²) >= 11 is 1.50. The number of benzene rings is 3. The van der Waals surface area contributed by atoms with Crippen molar-refractivity contribution < 1.29 is 4.79 Å². The summed E-state index contributed by atoms with van der Waals surface area (Å²) in [6.45, 7) is 0. The monoisotopic (exact) mass is 366 g/mol. The predicted molar refractivity (Wildman–Crippen MR) is 109 cm³/mol. The Morgan fingerprint density at radius 1 is 0.926 bits per heavy atom. The Balaban J connectivity index is 1.84. The maximum atomic E-state index is 13.2. The summed E-state index contributed by atoms with van der Waals surface area (Å²) in [6.07, 6.45) is 1.84. The van der Waals surface area contributed by atoms with Gasteiger partial charge in [0.15, 0.2) is 5.78 Å². The zero-order chi connectivity index (χ0) is 18.6. The van der Waals surface area contributed by atoms with Gasteiger partial charge in [0.05, 0.1) is 27.4 Å². The summed E-state index contributed by atoms with van der Waals surface area (Å²) in [5.41, 5.74) is 3.49. The lowest BCUT2D eigenvalue weighted by Crippen LogP contribution is -2.02. The Hall–Kier alpha value is -3.55. The summed E-state index contributed by atoms with van der Waals surface area (Å²) in [5, 5.41) is 9.67. The highest BCUT2D eigenvalue weighted by Crippen LogP contribution is 2.30. The molecule has 3 nitrogen and oxygen atoms in total. The van der Waals surface area contributed by atoms with E-state index in [9.17, 15) is 4.79 Å². The number of hydrogen-bond donors (Lipinski definition) is 0. The number of nitriles is 1. The molecular weight excluding hydrogens is 352 g/mol. The van der Waals surface area contributed by atoms with Crippen LogP contribution in [0.1, 0.15) is 26.5 Å². The molecule has 0 aliphatic rings. The van der Waals surface area contributed by atoms with Crippen LogP contribution in [0.3, 0.4) is 0 Å². The third-order valence-corrected chi connectivity index (χ3v) is 5.23. The third-order valence-electron chi connectivity index (χ3n) is 4.16. The number of rotatable bonds is 4. The van der Waals surface area contributed by atoms with Gasteiger partial charge in [-0.05, 0) is 35.9 Å². The summed E-state index contributed by atoms with van der Waals surface area (Å²) in [5.74, 6) is -0.0704. The molecule has 1 heterocycles. The number of carbonyl (C=O) groups excluding carboxylic acids is 1. The van der Waals surface area contributed by atoms with E-state index in [0.29, 0.717) is 21.7 Å². The fourth-order valence-electron chi connectivity index (χ4n) is 2.78. The number of fused-ring (bicyclic) bond motifs is 1. The smallest absolute Gasteiger partial charge is 0.196 e. The molecule has 0 amide bonds. The lowest BCUT2D eigenvalue weighted by molar-refractivity contribution is 0.105. The summed E-state index contributed by atoms with van der Waals surface area (Å²) in [4.78, 5) is 17.9. The van der Waals surface area contributed by atoms with Crippen molar-refractivity contribution in [1.82, 2.24) is 4.98 Å². The number of aromatic nitrogens is 1. The van der Waals surface area contributed by atoms with E-state index in [2.05, 4.69) is 11.1 Å². The minimum atomic E-state index is -0.0704. The van der Waals surface area contributed by atoms with E-state index >= 15 is 0 Å². The number of nitrogens with zero attached hydrogens (tertiary/aromatic N) is 2. The van der Waals surface area contributed by atoms with Gasteiger partial charge in [0, 0.05) is 5.56 Å². The fourth-order valence-corrected chi connectivity index (χ4v) is 3.76. The molecule has 27 heavy (non-hydrogen) atoms. The average Bonchev–Trinajstić information content (AvgIpc) is 3.16. The minimum Gasteiger partial charge on any atom is -0.288 e. The molecule has 0 atom stereocenters. The molecule has 0 fully saturated rings. The van der Waals surface area contributed by atoms with Gasteiger partial charge in [0.2, 0.25) is 0 Å². The normalized spacial score (nSPS) is 11.3. The number of Topliss-reactive ketones (excluding diaryl/α,β-unsaturated/α-hetero) is 1. The van der Waals surface area contributed by atoms with E-state index in [-0.39, 0.29) is 5.78 Å². The van der Waals surface area contributed by atoms with Gasteiger partial charge >= 0.3 is 0 Å². The van der Waals surface area contributed by atoms with E-state index in [1.54, 1.807) is 12.1 Å². The van der Waals surface area contributed by atoms with Crippen molar-refractivity contribution in [2.24, 2.45) is 0 Å². The molecule has 3 aromatic carbocycles. The van der Waals surface area contributed by atoms with Crippen LogP contribution >= 0.6 is 11.3 Å². The molecule has 0 spiro atoms. The van der Waals surface area contributed by atoms with E-state index in [4.69, 9.17) is 5.26 Å². The first kappa shape index (κ1) is 16.9. The molecule has 4 heteroatoms. The van der Waals surface area contributed by atoms with E-state index in [1.165, 1.54) is 11.3 Å². The second kappa shape index (κ2) is 7.36. The van der Waals surface area contributed by atoms with Gasteiger partial charge in [-0.1, -0.05) is 54.6 Å². The van der Waals surface area contributed by atoms with Crippen molar-refractivity contribution in [3.63, 3.8) is 0 Å². The molecule has 0 radical (unpaired) electrons. The van der Waals surface area contributed by atoms with Crippen molar-refractivity contribution in [2.75, 3.05) is 0 Å². The van der Waals surface area contributed by atoms with Crippen molar-refractivity contribution in [3.8, 4) is 6.07 Å². The maximum absolute atomic E-state index is 13.2. The second-order valence-corrected chi connectivity index (χ2v) is 7.00. The fraction of sp³-hybridized carbons (Fsp3) is 0. The molecule has 0 saturated carbocycles. The van der Waals surface area contributed by atoms with Crippen LogP contribution in [0, 0.1) is 11.3 Å². The molecule has 0 N–H and O–H groups in total. The van der Waals surface area contributed by atoms with E-state index < -0.39 is 0 Å². The average molecular weight is 366 g/mol. The van der Waals surface area contributed by atoms with Gasteiger partial charge in [-0.3, -0.25) is 4.79 Å². The Labute approximate surface area is 160 Å². The number of ketones is 1. The SMILES string of the molecule is N#Cc1ccc(C=C(C(=O)c2ccccc2)c2nc3ccccc3s2)cc1. The largest absolute Gasteiger partial charge is 0.288 e. The highest BCUT2D eigenvalue weighted by molar-refractivity contribution is 7.20. The summed E-state index contributed by atoms with van der Waals surface area (Å²) < 4.78 is 1.04. The Morgan fingerprint density at radius 2 is 1.63 bits per heavy atom. The quantitative estimate of drug-likeness (QED) is 0.349. The molecule has 1 aromatic heterocycles. The van der Waals surface area contributed by atoms with Gasteiger partial charge in [0.25, 0.3) is 0 Å². The number of para-hydroxylation sites is 1. The lowest BCUT2D eigenvalue weighted by Gasteiger charge is -2.05. The Bertz CT molecular complexity index is 1150. The Morgan fingerprint density at radius 3 is 2.33 bits per heavy atom. The zero-order valence-electron chi connectivity index (χ0n) is 14.3. The first-order valence-electron chi connectivity index (χ1n) is 8.42. The molecule has 0 aliphatic heterocycles. The molecule has 4 rings (SSSR count). The maximum Gasteiger partial charge on any atom is 0.196 e. The number of thiazole rings is 1. The number of allylic oxidation sites excluding steroid dienone is 1. The van der Waals surface area contributed by atoms with Gasteiger partial charge < -0.3 is 0 Å². The third kappa shape index (κ3) is 3.55. The van der Waals surface area contributed by atoms with Crippen LogP contribution in [0.15, 0.2) is 78.9 Å². The highest BCUT2D eigenvalue weighted by atomic mass is 32.1. The van der Waals surface area contributed by atoms with Gasteiger partial charge in [0.1, 0.15) is 5.01 Å². The van der Waals surface area contributed by atoms with Crippen LogP contribution in [0.4, 0.5) is 0 Å². The van der Waals surface area contributed by atoms with Crippen LogP contribution < -0.4 is 0 Å². The molecule has 0 aliphatic carbocycles. The molecule has 4 aromatic rings. The number of hydrogen-bond acceptors (Lipinski definition) is 4. The van der Waals surface area contributed by atoms with Crippen LogP contribution in [-0.4, -0.2) is 10.8 Å². The first-order chi connectivity index (χ1) is 13.2. The highest BCUT2D eigenvalue weighted by Gasteiger charge is 2.18. The van der Waals surface area contributed by atoms with Crippen LogP contribution in [0.25, 0.3) is 21.9 Å². The van der Waals surface area contributed by atoms with Crippen molar-refractivity contribution >= 4 is 39.0 Å². The van der Waals surface area contributed by atoms with E-state index in [0.717, 1.165) is 15.8 Å². The summed E-state index contributed by atoms with van der Waals surface area (Å²) in [6, 6.07) is 26.3. The van der Waals surface area contributed by atoms with E-state index in [1.807, 2.05) is 72.8 Å². The minimum absolute atomic E-state index is 0.0704. The van der Waals surface area contributed by atoms with Gasteiger partial charge in [-0.2, -0.15) is 5.26 Å². The van der Waals surface area contributed by atoms with Gasteiger partial charge in [-0.25, -0.2) is 4.98 Å².